The summed E-state index contributed by atoms with van der Waals surface area (Å²) in [5.74, 6) is 1.87. The number of amides is 1. The molecule has 1 aromatic carbocycles. The summed E-state index contributed by atoms with van der Waals surface area (Å²) in [5.41, 5.74) is 1.13. The Morgan fingerprint density at radius 3 is 2.81 bits per heavy atom. The lowest BCUT2D eigenvalue weighted by molar-refractivity contribution is -0.129. The van der Waals surface area contributed by atoms with E-state index >= 15 is 0 Å². The molecular formula is C19H31IN4O2. The maximum Gasteiger partial charge on any atom is 0.222 e. The average molecular weight is 474 g/mol. The van der Waals surface area contributed by atoms with Gasteiger partial charge in [-0.2, -0.15) is 0 Å². The highest BCUT2D eigenvalue weighted by Crippen LogP contribution is 2.17. The molecule has 1 aliphatic heterocycles. The number of aliphatic imine (C=N–C) groups is 1. The maximum atomic E-state index is 11.8. The summed E-state index contributed by atoms with van der Waals surface area (Å²) in [6.07, 6.45) is 1.52. The molecule has 2 unspecified atom stereocenters. The van der Waals surface area contributed by atoms with Crippen molar-refractivity contribution in [2.75, 3.05) is 26.7 Å². The van der Waals surface area contributed by atoms with Gasteiger partial charge in [0.1, 0.15) is 11.9 Å². The number of benzene rings is 1. The van der Waals surface area contributed by atoms with E-state index in [1.54, 1.807) is 7.05 Å². The van der Waals surface area contributed by atoms with Crippen LogP contribution >= 0.6 is 24.0 Å². The Balaban J connectivity index is 0.00000338. The summed E-state index contributed by atoms with van der Waals surface area (Å²) in [6.45, 7) is 8.18. The summed E-state index contributed by atoms with van der Waals surface area (Å²) in [7, 11) is 1.76. The molecule has 6 nitrogen and oxygen atoms in total. The van der Waals surface area contributed by atoms with Crippen LogP contribution in [-0.4, -0.2) is 55.6 Å². The molecule has 0 bridgehead atoms. The number of carbonyl (C=O) groups excluding carboxylic acids is 1. The number of hydrogen-bond acceptors (Lipinski definition) is 3. The lowest BCUT2D eigenvalue weighted by Crippen LogP contribution is -2.47. The van der Waals surface area contributed by atoms with Crippen molar-refractivity contribution in [3.8, 4) is 5.75 Å². The van der Waals surface area contributed by atoms with E-state index < -0.39 is 0 Å². The highest BCUT2D eigenvalue weighted by molar-refractivity contribution is 14.0. The van der Waals surface area contributed by atoms with Crippen molar-refractivity contribution < 1.29 is 9.53 Å². The first-order valence-electron chi connectivity index (χ1n) is 9.00. The zero-order valence-corrected chi connectivity index (χ0v) is 18.4. The van der Waals surface area contributed by atoms with Gasteiger partial charge in [-0.1, -0.05) is 25.1 Å². The molecule has 2 rings (SSSR count). The van der Waals surface area contributed by atoms with Crippen LogP contribution in [0.4, 0.5) is 0 Å². The first-order valence-corrected chi connectivity index (χ1v) is 9.00. The average Bonchev–Trinajstić information content (AvgIpc) is 3.08. The minimum Gasteiger partial charge on any atom is -0.489 e. The monoisotopic (exact) mass is 474 g/mol. The number of halogens is 1. The van der Waals surface area contributed by atoms with Crippen molar-refractivity contribution in [1.82, 2.24) is 15.5 Å². The Morgan fingerprint density at radius 2 is 2.15 bits per heavy atom. The van der Waals surface area contributed by atoms with Crippen LogP contribution in [0.1, 0.15) is 32.3 Å². The van der Waals surface area contributed by atoms with Gasteiger partial charge in [0.25, 0.3) is 0 Å². The number of nitrogens with zero attached hydrogens (tertiary/aromatic N) is 2. The number of rotatable bonds is 6. The molecule has 1 saturated heterocycles. The number of carbonyl (C=O) groups is 1. The van der Waals surface area contributed by atoms with E-state index in [2.05, 4.69) is 15.6 Å². The van der Waals surface area contributed by atoms with Crippen LogP contribution in [0.2, 0.25) is 0 Å². The third-order valence-corrected chi connectivity index (χ3v) is 4.39. The first kappa shape index (κ1) is 22.5. The number of hydrogen-bond donors (Lipinski definition) is 2. The number of aryl methyl sites for hydroxylation is 1. The molecule has 0 saturated carbocycles. The topological polar surface area (TPSA) is 66.0 Å². The van der Waals surface area contributed by atoms with E-state index in [0.717, 1.165) is 36.8 Å². The third-order valence-electron chi connectivity index (χ3n) is 4.39. The molecule has 2 N–H and O–H groups in total. The van der Waals surface area contributed by atoms with Gasteiger partial charge in [-0.15, -0.1) is 24.0 Å². The van der Waals surface area contributed by atoms with Crippen LogP contribution in [0, 0.1) is 6.92 Å². The molecule has 0 aromatic heterocycles. The zero-order chi connectivity index (χ0) is 18.2. The fourth-order valence-electron chi connectivity index (χ4n) is 2.90. The molecule has 0 aliphatic carbocycles. The van der Waals surface area contributed by atoms with Gasteiger partial charge in [-0.25, -0.2) is 0 Å². The van der Waals surface area contributed by atoms with Gasteiger partial charge in [-0.05, 0) is 31.9 Å². The Bertz CT molecular complexity index is 609. The second kappa shape index (κ2) is 11.3. The Morgan fingerprint density at radius 1 is 1.42 bits per heavy atom. The molecule has 2 atom stereocenters. The number of nitrogens with one attached hydrogen (secondary N) is 2. The second-order valence-electron chi connectivity index (χ2n) is 6.47. The third kappa shape index (κ3) is 6.66. The van der Waals surface area contributed by atoms with Crippen molar-refractivity contribution in [3.63, 3.8) is 0 Å². The van der Waals surface area contributed by atoms with Crippen LogP contribution in [0.15, 0.2) is 29.3 Å². The van der Waals surface area contributed by atoms with E-state index in [0.29, 0.717) is 13.0 Å². The molecule has 0 spiro atoms. The summed E-state index contributed by atoms with van der Waals surface area (Å²) >= 11 is 0. The fraction of sp³-hybridized carbons (Fsp3) is 0.579. The minimum atomic E-state index is 0. The predicted molar refractivity (Wildman–Crippen MR) is 116 cm³/mol. The number of para-hydroxylation sites is 1. The summed E-state index contributed by atoms with van der Waals surface area (Å²) in [5, 5.41) is 6.70. The Hall–Kier alpha value is -1.51. The molecule has 1 aliphatic rings. The number of guanidine groups is 1. The van der Waals surface area contributed by atoms with E-state index in [-0.39, 0.29) is 42.0 Å². The van der Waals surface area contributed by atoms with Crippen LogP contribution in [0.3, 0.4) is 0 Å². The number of likely N-dealkylation sites (tertiary alicyclic amines) is 1. The molecule has 146 valence electrons. The predicted octanol–water partition coefficient (Wildman–Crippen LogP) is 2.56. The quantitative estimate of drug-likeness (QED) is 0.378. The van der Waals surface area contributed by atoms with Crippen molar-refractivity contribution in [2.45, 2.75) is 45.8 Å². The molecule has 0 radical (unpaired) electrons. The van der Waals surface area contributed by atoms with E-state index in [4.69, 9.17) is 4.74 Å². The van der Waals surface area contributed by atoms with Gasteiger partial charge in [0.05, 0.1) is 6.54 Å². The van der Waals surface area contributed by atoms with E-state index in [9.17, 15) is 4.79 Å². The second-order valence-corrected chi connectivity index (χ2v) is 6.47. The normalized spacial score (nSPS) is 18.1. The van der Waals surface area contributed by atoms with Gasteiger partial charge >= 0.3 is 0 Å². The van der Waals surface area contributed by atoms with Gasteiger partial charge in [0.15, 0.2) is 5.96 Å². The zero-order valence-electron chi connectivity index (χ0n) is 16.1. The lowest BCUT2D eigenvalue weighted by atomic mass is 10.2. The summed E-state index contributed by atoms with van der Waals surface area (Å²) in [4.78, 5) is 18.0. The molecular weight excluding hydrogens is 443 g/mol. The van der Waals surface area contributed by atoms with Gasteiger partial charge in [0.2, 0.25) is 5.91 Å². The van der Waals surface area contributed by atoms with Gasteiger partial charge in [0, 0.05) is 32.6 Å². The number of ether oxygens (including phenoxy) is 1. The van der Waals surface area contributed by atoms with Crippen molar-refractivity contribution in [2.24, 2.45) is 4.99 Å². The van der Waals surface area contributed by atoms with Crippen molar-refractivity contribution in [1.29, 1.82) is 0 Å². The van der Waals surface area contributed by atoms with Crippen molar-refractivity contribution >= 4 is 35.8 Å². The lowest BCUT2D eigenvalue weighted by Gasteiger charge is -2.21. The van der Waals surface area contributed by atoms with E-state index in [1.807, 2.05) is 49.9 Å². The fourth-order valence-corrected chi connectivity index (χ4v) is 2.90. The summed E-state index contributed by atoms with van der Waals surface area (Å²) in [6, 6.07) is 8.25. The highest BCUT2D eigenvalue weighted by Gasteiger charge is 2.25. The first-order chi connectivity index (χ1) is 12.0. The SMILES string of the molecule is CCC(=O)N1CCC(NC(=NC)NCC(C)Oc2ccccc2C)C1.I. The highest BCUT2D eigenvalue weighted by atomic mass is 127. The van der Waals surface area contributed by atoms with Gasteiger partial charge < -0.3 is 20.3 Å². The minimum absolute atomic E-state index is 0. The van der Waals surface area contributed by atoms with Crippen molar-refractivity contribution in [3.05, 3.63) is 29.8 Å². The smallest absolute Gasteiger partial charge is 0.222 e. The molecule has 1 amide bonds. The summed E-state index contributed by atoms with van der Waals surface area (Å²) < 4.78 is 5.97. The molecule has 1 aromatic rings. The standard InChI is InChI=1S/C19H30N4O2.HI/c1-5-18(24)23-11-10-16(13-23)22-19(20-4)21-12-15(3)25-17-9-7-6-8-14(17)2;/h6-9,15-16H,5,10-13H2,1-4H3,(H2,20,21,22);1H. The van der Waals surface area contributed by atoms with Crippen LogP contribution in [-0.2, 0) is 4.79 Å². The van der Waals surface area contributed by atoms with Crippen LogP contribution in [0.5, 0.6) is 5.75 Å². The maximum absolute atomic E-state index is 11.8. The molecule has 1 heterocycles. The van der Waals surface area contributed by atoms with Gasteiger partial charge in [-0.3, -0.25) is 9.79 Å². The largest absolute Gasteiger partial charge is 0.489 e. The molecule has 7 heteroatoms. The Kier molecular flexibility index (Phi) is 9.75. The molecule has 26 heavy (non-hydrogen) atoms. The Labute approximate surface area is 173 Å². The molecule has 1 fully saturated rings. The van der Waals surface area contributed by atoms with Crippen LogP contribution < -0.4 is 15.4 Å². The van der Waals surface area contributed by atoms with Crippen LogP contribution in [0.25, 0.3) is 0 Å². The van der Waals surface area contributed by atoms with E-state index in [1.165, 1.54) is 0 Å².